The number of morpholine rings is 1. The number of alkyl halides is 3. The maximum absolute atomic E-state index is 13.2. The van der Waals surface area contributed by atoms with Gasteiger partial charge in [-0.25, -0.2) is 14.8 Å². The molecule has 1 aliphatic heterocycles. The van der Waals surface area contributed by atoms with Gasteiger partial charge in [-0.2, -0.15) is 13.2 Å². The third-order valence-electron chi connectivity index (χ3n) is 5.44. The van der Waals surface area contributed by atoms with Gasteiger partial charge in [-0.05, 0) is 36.4 Å². The summed E-state index contributed by atoms with van der Waals surface area (Å²) in [4.78, 5) is 45.3. The van der Waals surface area contributed by atoms with Crippen LogP contribution in [0.1, 0.15) is 20.8 Å². The highest BCUT2D eigenvalue weighted by atomic mass is 35.5. The molecule has 0 saturated carbocycles. The van der Waals surface area contributed by atoms with Crippen molar-refractivity contribution in [3.63, 3.8) is 0 Å². The van der Waals surface area contributed by atoms with Crippen LogP contribution in [0, 0.1) is 0 Å². The minimum absolute atomic E-state index is 0.0342. The molecule has 1 aromatic carbocycles. The summed E-state index contributed by atoms with van der Waals surface area (Å²) in [7, 11) is 0. The van der Waals surface area contributed by atoms with Crippen LogP contribution in [0.3, 0.4) is 0 Å². The van der Waals surface area contributed by atoms with Crippen LogP contribution in [0.25, 0.3) is 0 Å². The molecule has 0 radical (unpaired) electrons. The van der Waals surface area contributed by atoms with Crippen LogP contribution in [0.15, 0.2) is 54.9 Å². The zero-order chi connectivity index (χ0) is 30.7. The van der Waals surface area contributed by atoms with E-state index in [1.54, 1.807) is 30.3 Å². The Morgan fingerprint density at radius 2 is 1.79 bits per heavy atom. The van der Waals surface area contributed by atoms with E-state index in [2.05, 4.69) is 25.5 Å². The number of nitrogens with two attached hydrogens (primary N) is 1. The number of aliphatic carboxylic acids is 1. The van der Waals surface area contributed by atoms with Gasteiger partial charge in [0, 0.05) is 43.8 Å². The molecule has 0 atom stereocenters. The molecule has 3 aromatic rings. The SMILES string of the molecule is NCCOc1cc(N2CCOCC2)ccc1C(=O)Nc1cccnc1C(=O)Nc1ccc(Cl)cn1.O=C(O)C(F)(F)F. The van der Waals surface area contributed by atoms with Gasteiger partial charge in [0.25, 0.3) is 11.8 Å². The standard InChI is InChI=1S/C24H25ClN6O4.C2HF3O2/c25-16-3-6-21(28-15-16)30-24(33)22-19(2-1-8-27-22)29-23(32)18-5-4-17(14-20(18)35-11-7-26)31-9-12-34-13-10-31;3-2(4,5)1(6)7/h1-6,8,14-15H,7,9-13,26H2,(H,29,32)(H,28,30,33);(H,6,7). The molecule has 2 aromatic heterocycles. The number of hydrogen-bond acceptors (Lipinski definition) is 9. The van der Waals surface area contributed by atoms with E-state index in [0.717, 1.165) is 18.8 Å². The Balaban J connectivity index is 0.000000616. The smallest absolute Gasteiger partial charge is 0.490 e. The van der Waals surface area contributed by atoms with Crippen LogP contribution in [0.5, 0.6) is 5.75 Å². The van der Waals surface area contributed by atoms with E-state index in [4.69, 9.17) is 36.7 Å². The lowest BCUT2D eigenvalue weighted by atomic mass is 10.1. The summed E-state index contributed by atoms with van der Waals surface area (Å²) < 4.78 is 42.9. The summed E-state index contributed by atoms with van der Waals surface area (Å²) in [6, 6.07) is 11.8. The predicted molar refractivity (Wildman–Crippen MR) is 147 cm³/mol. The first-order valence-corrected chi connectivity index (χ1v) is 12.7. The number of nitrogens with zero attached hydrogens (tertiary/aromatic N) is 3. The van der Waals surface area contributed by atoms with E-state index in [-0.39, 0.29) is 18.0 Å². The van der Waals surface area contributed by atoms with Crippen molar-refractivity contribution in [2.75, 3.05) is 55.0 Å². The fourth-order valence-corrected chi connectivity index (χ4v) is 3.62. The normalized spacial score (nSPS) is 12.9. The van der Waals surface area contributed by atoms with Gasteiger partial charge in [0.2, 0.25) is 0 Å². The predicted octanol–water partition coefficient (Wildman–Crippen LogP) is 3.44. The van der Waals surface area contributed by atoms with Crippen molar-refractivity contribution >= 4 is 46.6 Å². The number of aromatic nitrogens is 2. The molecule has 1 fully saturated rings. The Morgan fingerprint density at radius 1 is 1.07 bits per heavy atom. The second-order valence-electron chi connectivity index (χ2n) is 8.39. The van der Waals surface area contributed by atoms with E-state index < -0.39 is 24.0 Å². The van der Waals surface area contributed by atoms with Gasteiger partial charge >= 0.3 is 12.1 Å². The Labute approximate surface area is 242 Å². The highest BCUT2D eigenvalue weighted by Crippen LogP contribution is 2.28. The maximum Gasteiger partial charge on any atom is 0.490 e. The quantitative estimate of drug-likeness (QED) is 0.296. The molecule has 3 heterocycles. The third kappa shape index (κ3) is 9.29. The molecular weight excluding hydrogens is 585 g/mol. The zero-order valence-corrected chi connectivity index (χ0v) is 22.6. The van der Waals surface area contributed by atoms with Crippen molar-refractivity contribution in [2.24, 2.45) is 5.73 Å². The first-order valence-electron chi connectivity index (χ1n) is 12.3. The van der Waals surface area contributed by atoms with Crippen molar-refractivity contribution < 1.29 is 42.1 Å². The summed E-state index contributed by atoms with van der Waals surface area (Å²) in [6.45, 7) is 3.32. The Bertz CT molecular complexity index is 1390. The minimum Gasteiger partial charge on any atom is -0.491 e. The average molecular weight is 611 g/mol. The molecule has 0 unspecified atom stereocenters. The van der Waals surface area contributed by atoms with E-state index in [9.17, 15) is 22.8 Å². The number of hydrogen-bond donors (Lipinski definition) is 4. The highest BCUT2D eigenvalue weighted by molar-refractivity contribution is 6.30. The van der Waals surface area contributed by atoms with Gasteiger partial charge in [0.1, 0.15) is 18.2 Å². The van der Waals surface area contributed by atoms with Crippen LogP contribution in [0.4, 0.5) is 30.4 Å². The number of pyridine rings is 2. The molecule has 42 heavy (non-hydrogen) atoms. The third-order valence-corrected chi connectivity index (χ3v) is 5.67. The summed E-state index contributed by atoms with van der Waals surface area (Å²) in [5, 5.41) is 13.0. The number of anilines is 3. The van der Waals surface area contributed by atoms with Gasteiger partial charge in [-0.3, -0.25) is 9.59 Å². The summed E-state index contributed by atoms with van der Waals surface area (Å²) >= 11 is 5.84. The highest BCUT2D eigenvalue weighted by Gasteiger charge is 2.38. The Kier molecular flexibility index (Phi) is 11.4. The number of ether oxygens (including phenoxy) is 2. The second kappa shape index (κ2) is 15.0. The van der Waals surface area contributed by atoms with E-state index >= 15 is 0 Å². The number of nitrogens with one attached hydrogen (secondary N) is 2. The topological polar surface area (TPSA) is 169 Å². The van der Waals surface area contributed by atoms with Crippen LogP contribution < -0.4 is 26.0 Å². The van der Waals surface area contributed by atoms with Crippen LogP contribution in [-0.2, 0) is 9.53 Å². The number of amides is 2. The minimum atomic E-state index is -5.08. The number of rotatable bonds is 8. The van der Waals surface area contributed by atoms with Gasteiger partial charge in [-0.1, -0.05) is 11.6 Å². The molecule has 2 amide bonds. The van der Waals surface area contributed by atoms with Gasteiger partial charge in [0.05, 0.1) is 29.5 Å². The van der Waals surface area contributed by atoms with E-state index in [1.165, 1.54) is 12.4 Å². The van der Waals surface area contributed by atoms with Crippen molar-refractivity contribution in [2.45, 2.75) is 6.18 Å². The second-order valence-corrected chi connectivity index (χ2v) is 8.83. The molecule has 0 aliphatic carbocycles. The van der Waals surface area contributed by atoms with Crippen molar-refractivity contribution in [1.29, 1.82) is 0 Å². The lowest BCUT2D eigenvalue weighted by molar-refractivity contribution is -0.192. The molecule has 4 rings (SSSR count). The molecule has 5 N–H and O–H groups in total. The number of carbonyl (C=O) groups excluding carboxylic acids is 2. The number of carboxylic acid groups (broad SMARTS) is 1. The summed E-state index contributed by atoms with van der Waals surface area (Å²) in [5.41, 5.74) is 7.12. The largest absolute Gasteiger partial charge is 0.491 e. The maximum atomic E-state index is 13.2. The molecule has 16 heteroatoms. The van der Waals surface area contributed by atoms with Crippen molar-refractivity contribution in [1.82, 2.24) is 9.97 Å². The molecule has 0 bridgehead atoms. The lowest BCUT2D eigenvalue weighted by Gasteiger charge is -2.29. The fourth-order valence-electron chi connectivity index (χ4n) is 3.51. The first kappa shape index (κ1) is 32.0. The lowest BCUT2D eigenvalue weighted by Crippen LogP contribution is -2.36. The Hall–Kier alpha value is -4.47. The number of carbonyl (C=O) groups is 3. The first-order chi connectivity index (χ1) is 20.0. The van der Waals surface area contributed by atoms with Gasteiger partial charge in [-0.15, -0.1) is 0 Å². The van der Waals surface area contributed by atoms with Crippen molar-refractivity contribution in [3.8, 4) is 5.75 Å². The number of halogens is 4. The fraction of sp³-hybridized carbons (Fsp3) is 0.269. The molecule has 1 saturated heterocycles. The number of benzene rings is 1. The van der Waals surface area contributed by atoms with E-state index in [0.29, 0.717) is 41.9 Å². The monoisotopic (exact) mass is 610 g/mol. The van der Waals surface area contributed by atoms with Gasteiger partial charge < -0.3 is 35.8 Å². The Morgan fingerprint density at radius 3 is 2.40 bits per heavy atom. The van der Waals surface area contributed by atoms with Crippen LogP contribution >= 0.6 is 11.6 Å². The van der Waals surface area contributed by atoms with E-state index in [1.807, 2.05) is 12.1 Å². The van der Waals surface area contributed by atoms with Crippen LogP contribution in [0.2, 0.25) is 5.02 Å². The van der Waals surface area contributed by atoms with Crippen molar-refractivity contribution in [3.05, 3.63) is 71.1 Å². The molecule has 224 valence electrons. The molecular formula is C26H26ClF3N6O6. The zero-order valence-electron chi connectivity index (χ0n) is 21.9. The molecule has 1 aliphatic rings. The summed E-state index contributed by atoms with van der Waals surface area (Å²) in [5.74, 6) is -3.03. The average Bonchev–Trinajstić information content (AvgIpc) is 2.97. The number of carboxylic acids is 1. The van der Waals surface area contributed by atoms with Gasteiger partial charge in [0.15, 0.2) is 5.69 Å². The summed E-state index contributed by atoms with van der Waals surface area (Å²) in [6.07, 6.45) is -2.20. The molecule has 12 nitrogen and oxygen atoms in total. The molecule has 0 spiro atoms. The van der Waals surface area contributed by atoms with Crippen LogP contribution in [-0.4, -0.2) is 78.5 Å².